The second kappa shape index (κ2) is 13.0. The second-order valence-corrected chi connectivity index (χ2v) is 11.6. The van der Waals surface area contributed by atoms with Gasteiger partial charge in [-0.2, -0.15) is 13.2 Å². The third-order valence-electron chi connectivity index (χ3n) is 7.48. The lowest BCUT2D eigenvalue weighted by Gasteiger charge is -2.31. The Bertz CT molecular complexity index is 1440. The van der Waals surface area contributed by atoms with Crippen LogP contribution >= 0.6 is 22.6 Å². The largest absolute Gasteiger partial charge is 0.581 e. The Morgan fingerprint density at radius 2 is 1.90 bits per heavy atom. The quantitative estimate of drug-likeness (QED) is 0.119. The number of carboxylic acids is 1. The van der Waals surface area contributed by atoms with Crippen molar-refractivity contribution in [3.05, 3.63) is 67.2 Å². The molecule has 1 aromatic heterocycles. The average Bonchev–Trinajstić information content (AvgIpc) is 3.35. The van der Waals surface area contributed by atoms with Gasteiger partial charge >= 0.3 is 19.2 Å². The third kappa shape index (κ3) is 7.34. The second-order valence-electron chi connectivity index (χ2n) is 10.6. The molecule has 3 heterocycles. The predicted octanol–water partition coefficient (Wildman–Crippen LogP) is 8.30. The van der Waals surface area contributed by atoms with Gasteiger partial charge in [-0.3, -0.25) is 14.1 Å². The first-order chi connectivity index (χ1) is 19.4. The molecule has 0 amide bonds. The minimum atomic E-state index is -5.07. The molecule has 218 valence electrons. The number of aromatic nitrogens is 1. The summed E-state index contributed by atoms with van der Waals surface area (Å²) in [5.41, 5.74) is 6.04. The molecule has 0 aliphatic carbocycles. The van der Waals surface area contributed by atoms with Gasteiger partial charge in [-0.1, -0.05) is 18.6 Å². The summed E-state index contributed by atoms with van der Waals surface area (Å²) in [4.78, 5) is 17.5. The Morgan fingerprint density at radius 3 is 2.56 bits per heavy atom. The molecule has 0 fully saturated rings. The molecule has 41 heavy (non-hydrogen) atoms. The summed E-state index contributed by atoms with van der Waals surface area (Å²) >= 11 is 2.15. The molecular weight excluding hydrogens is 648 g/mol. The van der Waals surface area contributed by atoms with Crippen molar-refractivity contribution in [2.75, 3.05) is 18.0 Å². The number of aryl methyl sites for hydroxylation is 2. The molecule has 0 radical (unpaired) electrons. The highest BCUT2D eigenvalue weighted by molar-refractivity contribution is 14.1. The fourth-order valence-corrected chi connectivity index (χ4v) is 5.74. The van der Waals surface area contributed by atoms with Gasteiger partial charge in [-0.25, -0.2) is 0 Å². The molecule has 0 bridgehead atoms. The maximum Gasteiger partial charge on any atom is 0.581 e. The van der Waals surface area contributed by atoms with Crippen molar-refractivity contribution in [3.8, 4) is 0 Å². The van der Waals surface area contributed by atoms with Crippen molar-refractivity contribution in [3.63, 3.8) is 0 Å². The van der Waals surface area contributed by atoms with E-state index in [0.717, 1.165) is 70.5 Å². The number of hydrogen-bond acceptors (Lipinski definition) is 3. The van der Waals surface area contributed by atoms with Gasteiger partial charge in [0, 0.05) is 40.2 Å². The van der Waals surface area contributed by atoms with Gasteiger partial charge in [-0.05, 0) is 122 Å². The van der Waals surface area contributed by atoms with Gasteiger partial charge in [0.1, 0.15) is 0 Å². The number of aliphatic imine (C=N–C) groups is 1. The van der Waals surface area contributed by atoms with Crippen LogP contribution < -0.4 is 4.90 Å². The van der Waals surface area contributed by atoms with Crippen molar-refractivity contribution in [2.45, 2.75) is 65.4 Å². The van der Waals surface area contributed by atoms with Crippen LogP contribution in [0.5, 0.6) is 0 Å². The van der Waals surface area contributed by atoms with E-state index in [1.807, 2.05) is 32.0 Å². The number of alkyl halides is 3. The van der Waals surface area contributed by atoms with Crippen LogP contribution in [-0.2, 0) is 11.2 Å². The number of nitrogens with zero attached hydrogens (tertiary/aromatic N) is 3. The molecule has 11 heteroatoms. The summed E-state index contributed by atoms with van der Waals surface area (Å²) in [5.74, 6) is -0.773. The monoisotopic (exact) mass is 681 g/mol. The number of halogens is 5. The summed E-state index contributed by atoms with van der Waals surface area (Å²) in [5, 5.41) is 8.82. The van der Waals surface area contributed by atoms with E-state index < -0.39 is 19.2 Å². The van der Waals surface area contributed by atoms with Crippen LogP contribution in [0.1, 0.15) is 74.0 Å². The fraction of sp³-hybridized carbons (Fsp3) is 0.400. The van der Waals surface area contributed by atoms with E-state index in [1.54, 1.807) is 19.1 Å². The number of aliphatic carboxylic acids is 1. The lowest BCUT2D eigenvalue weighted by atomic mass is 9.85. The Morgan fingerprint density at radius 1 is 1.15 bits per heavy atom. The number of allylic oxidation sites excluding steroid dienone is 2. The van der Waals surface area contributed by atoms with Crippen molar-refractivity contribution >= 4 is 65.3 Å². The first-order valence-electron chi connectivity index (χ1n) is 13.7. The Balaban J connectivity index is 1.60. The molecule has 2 aromatic rings. The van der Waals surface area contributed by atoms with Crippen molar-refractivity contribution in [1.29, 1.82) is 0 Å². The summed E-state index contributed by atoms with van der Waals surface area (Å²) in [6.07, 6.45) is 4.21. The first-order valence-corrected chi connectivity index (χ1v) is 14.8. The first kappa shape index (κ1) is 31.1. The highest BCUT2D eigenvalue weighted by atomic mass is 127. The molecule has 1 N–H and O–H groups in total. The minimum absolute atomic E-state index is 0.120. The molecule has 0 unspecified atom stereocenters. The number of rotatable bonds is 10. The van der Waals surface area contributed by atoms with Crippen LogP contribution in [0.25, 0.3) is 18.2 Å². The minimum Gasteiger partial charge on any atom is -0.481 e. The average molecular weight is 681 g/mol. The smallest absolute Gasteiger partial charge is 0.481 e. The topological polar surface area (TPSA) is 57.8 Å². The van der Waals surface area contributed by atoms with Gasteiger partial charge < -0.3 is 14.5 Å². The van der Waals surface area contributed by atoms with E-state index in [9.17, 15) is 22.3 Å². The van der Waals surface area contributed by atoms with Crippen molar-refractivity contribution < 1.29 is 27.4 Å². The van der Waals surface area contributed by atoms with Gasteiger partial charge in [0.15, 0.2) is 0 Å². The lowest BCUT2D eigenvalue weighted by molar-refractivity contribution is -0.137. The van der Waals surface area contributed by atoms with E-state index >= 15 is 0 Å². The lowest BCUT2D eigenvalue weighted by Crippen LogP contribution is -2.38. The number of unbranched alkanes of at least 4 members (excludes halogenated alkanes) is 2. The van der Waals surface area contributed by atoms with Gasteiger partial charge in [0.05, 0.1) is 11.4 Å². The number of fused-ring (bicyclic) bond motifs is 1. The van der Waals surface area contributed by atoms with Crippen molar-refractivity contribution in [2.24, 2.45) is 4.99 Å². The van der Waals surface area contributed by atoms with E-state index in [2.05, 4.69) is 32.5 Å². The van der Waals surface area contributed by atoms with Crippen LogP contribution in [0.15, 0.2) is 44.1 Å². The van der Waals surface area contributed by atoms with Gasteiger partial charge in [0.2, 0.25) is 0 Å². The molecule has 2 aliphatic rings. The van der Waals surface area contributed by atoms with Crippen LogP contribution in [0.4, 0.5) is 23.2 Å². The highest BCUT2D eigenvalue weighted by Crippen LogP contribution is 2.34. The van der Waals surface area contributed by atoms with E-state index in [-0.39, 0.29) is 17.8 Å². The maximum atomic E-state index is 15.0. The Kier molecular flexibility index (Phi) is 9.87. The number of carboxylic acid groups (broad SMARTS) is 1. The predicted molar refractivity (Wildman–Crippen MR) is 167 cm³/mol. The van der Waals surface area contributed by atoms with E-state index in [4.69, 9.17) is 5.11 Å². The third-order valence-corrected chi connectivity index (χ3v) is 9.07. The molecule has 0 atom stereocenters. The number of benzene rings is 1. The zero-order chi connectivity index (χ0) is 29.9. The van der Waals surface area contributed by atoms with Gasteiger partial charge in [0.25, 0.3) is 0 Å². The molecule has 0 spiro atoms. The summed E-state index contributed by atoms with van der Waals surface area (Å²) in [6.45, 7) is 7.14. The van der Waals surface area contributed by atoms with Crippen LogP contribution in [-0.4, -0.2) is 47.6 Å². The molecule has 0 saturated carbocycles. The fourth-order valence-electron chi connectivity index (χ4n) is 5.34. The zero-order valence-corrected chi connectivity index (χ0v) is 25.5. The number of hydrogen-bond donors (Lipinski definition) is 1. The molecular formula is C30H33BF4IN3O2. The highest BCUT2D eigenvalue weighted by Gasteiger charge is 2.50. The van der Waals surface area contributed by atoms with Crippen LogP contribution in [0.3, 0.4) is 0 Å². The standard InChI is InChI=1S/C30H33BF4IN3O2/c1-19-16-24(39(31(35)30(32,33)34)27(19)18-25-20(2)29(36)21(3)37-25)12-10-22-11-13-26-23(17-22)8-7-15-38(26)14-6-4-5-9-28(40)41/h10-13,16-18H,4-9,14-15H2,1-3H3,(H,40,41)/b12-10+,25-18-. The molecule has 0 saturated heterocycles. The SMILES string of the molecule is CC1=N/C(=C\c2c(C)cc(/C=C/c3ccc4c(c3)CCCN4CCCCCC(=O)O)n2B(F)C(F)(F)F)C(C)=C1I. The Labute approximate surface area is 252 Å². The molecule has 4 rings (SSSR count). The number of anilines is 1. The van der Waals surface area contributed by atoms with Gasteiger partial charge in [-0.15, -0.1) is 0 Å². The van der Waals surface area contributed by atoms with Crippen LogP contribution in [0, 0.1) is 6.92 Å². The summed E-state index contributed by atoms with van der Waals surface area (Å²) in [7, 11) is -3.20. The van der Waals surface area contributed by atoms with Crippen LogP contribution in [0.2, 0.25) is 0 Å². The number of carbonyl (C=O) groups is 1. The summed E-state index contributed by atoms with van der Waals surface area (Å²) in [6, 6.07) is 7.55. The van der Waals surface area contributed by atoms with E-state index in [1.165, 1.54) is 12.2 Å². The zero-order valence-electron chi connectivity index (χ0n) is 23.4. The molecule has 5 nitrogen and oxygen atoms in total. The molecule has 2 aliphatic heterocycles. The van der Waals surface area contributed by atoms with E-state index in [0.29, 0.717) is 22.2 Å². The maximum absolute atomic E-state index is 15.0. The normalized spacial score (nSPS) is 16.6. The van der Waals surface area contributed by atoms with Crippen molar-refractivity contribution in [1.82, 2.24) is 4.48 Å². The molecule has 1 aromatic carbocycles. The Hall–Kier alpha value is -2.83. The summed E-state index contributed by atoms with van der Waals surface area (Å²) < 4.78 is 57.6.